The summed E-state index contributed by atoms with van der Waals surface area (Å²) in [5, 5.41) is 0. The van der Waals surface area contributed by atoms with Gasteiger partial charge in [-0.2, -0.15) is 0 Å². The summed E-state index contributed by atoms with van der Waals surface area (Å²) in [5.74, 6) is -0.745. The van der Waals surface area contributed by atoms with E-state index in [4.69, 9.17) is 4.74 Å². The number of esters is 1. The minimum Gasteiger partial charge on any atom is -0.465 e. The molecule has 0 aliphatic heterocycles. The van der Waals surface area contributed by atoms with Gasteiger partial charge in [0.2, 0.25) is 9.84 Å². The highest BCUT2D eigenvalue weighted by Crippen LogP contribution is 2.41. The van der Waals surface area contributed by atoms with Crippen LogP contribution in [0.2, 0.25) is 0 Å². The van der Waals surface area contributed by atoms with Gasteiger partial charge in [-0.05, 0) is 66.4 Å². The van der Waals surface area contributed by atoms with Crippen LogP contribution < -0.4 is 0 Å². The van der Waals surface area contributed by atoms with E-state index in [0.29, 0.717) is 5.56 Å². The summed E-state index contributed by atoms with van der Waals surface area (Å²) in [7, 11) is -3.80. The molecule has 5 nitrogen and oxygen atoms in total. The van der Waals surface area contributed by atoms with Crippen LogP contribution in [0.25, 0.3) is 22.4 Å². The van der Waals surface area contributed by atoms with Crippen molar-refractivity contribution in [2.24, 2.45) is 0 Å². The molecule has 7 heteroatoms. The molecule has 0 saturated heterocycles. The van der Waals surface area contributed by atoms with E-state index in [1.807, 2.05) is 54.0 Å². The van der Waals surface area contributed by atoms with Gasteiger partial charge in [-0.25, -0.2) is 12.8 Å². The zero-order valence-electron chi connectivity index (χ0n) is 22.9. The number of benzene rings is 4. The summed E-state index contributed by atoms with van der Waals surface area (Å²) in [6, 6.07) is 31.2. The third kappa shape index (κ3) is 5.72. The Hall–Kier alpha value is -4.49. The molecule has 1 heterocycles. The molecule has 1 aromatic heterocycles. The molecule has 0 saturated carbocycles. The van der Waals surface area contributed by atoms with Crippen LogP contribution in [0.4, 0.5) is 4.39 Å². The lowest BCUT2D eigenvalue weighted by atomic mass is 9.93. The van der Waals surface area contributed by atoms with Gasteiger partial charge in [0.05, 0.1) is 22.1 Å². The first-order valence-corrected chi connectivity index (χ1v) is 14.9. The molecule has 5 rings (SSSR count). The molecule has 208 valence electrons. The molecule has 0 atom stereocenters. The number of carbonyl (C=O) groups is 1. The quantitative estimate of drug-likeness (QED) is 0.176. The van der Waals surface area contributed by atoms with Crippen LogP contribution >= 0.6 is 0 Å². The molecule has 41 heavy (non-hydrogen) atoms. The number of rotatable bonds is 9. The van der Waals surface area contributed by atoms with Crippen molar-refractivity contribution >= 4 is 15.8 Å². The number of sulfone groups is 1. The van der Waals surface area contributed by atoms with E-state index in [9.17, 15) is 17.6 Å². The molecule has 0 aliphatic carbocycles. The van der Waals surface area contributed by atoms with E-state index in [1.165, 1.54) is 12.1 Å². The second kappa shape index (κ2) is 11.9. The topological polar surface area (TPSA) is 65.4 Å². The Morgan fingerprint density at radius 1 is 0.805 bits per heavy atom. The largest absolute Gasteiger partial charge is 0.465 e. The molecule has 5 aromatic rings. The summed E-state index contributed by atoms with van der Waals surface area (Å²) in [6.45, 7) is 3.91. The van der Waals surface area contributed by atoms with Gasteiger partial charge < -0.3 is 9.30 Å². The molecule has 0 unspecified atom stereocenters. The van der Waals surface area contributed by atoms with E-state index < -0.39 is 9.84 Å². The highest BCUT2D eigenvalue weighted by atomic mass is 32.2. The smallest absolute Gasteiger partial charge is 0.325 e. The summed E-state index contributed by atoms with van der Waals surface area (Å²) in [4.78, 5) is 13.2. The second-order valence-corrected chi connectivity index (χ2v) is 11.6. The Morgan fingerprint density at radius 3 is 2.07 bits per heavy atom. The maximum Gasteiger partial charge on any atom is 0.325 e. The molecular weight excluding hydrogens is 537 g/mol. The maximum atomic E-state index is 14.0. The van der Waals surface area contributed by atoms with Gasteiger partial charge in [0, 0.05) is 17.7 Å². The Labute approximate surface area is 239 Å². The van der Waals surface area contributed by atoms with Gasteiger partial charge in [-0.1, -0.05) is 78.9 Å². The standard InChI is InChI=1S/C34H30FNO4S/c1-3-40-32(37)23-36-24(2)30(22-27-14-10-11-17-31(27)41(38,39)29-15-8-5-9-16-29)33(25-18-20-28(35)21-19-25)34(36)26-12-6-4-7-13-26/h4-21H,3,22-23H2,1-2H3. The van der Waals surface area contributed by atoms with Crippen molar-refractivity contribution in [2.75, 3.05) is 6.61 Å². The number of halogens is 1. The van der Waals surface area contributed by atoms with Crippen molar-refractivity contribution in [3.8, 4) is 22.4 Å². The van der Waals surface area contributed by atoms with Crippen LogP contribution in [0.15, 0.2) is 119 Å². The highest BCUT2D eigenvalue weighted by Gasteiger charge is 2.27. The van der Waals surface area contributed by atoms with Gasteiger partial charge >= 0.3 is 5.97 Å². The predicted molar refractivity (Wildman–Crippen MR) is 158 cm³/mol. The lowest BCUT2D eigenvalue weighted by molar-refractivity contribution is -0.143. The second-order valence-electron chi connectivity index (χ2n) is 9.65. The van der Waals surface area contributed by atoms with Crippen LogP contribution in [-0.4, -0.2) is 25.6 Å². The van der Waals surface area contributed by atoms with Gasteiger partial charge in [0.15, 0.2) is 0 Å². The van der Waals surface area contributed by atoms with Crippen LogP contribution in [0.5, 0.6) is 0 Å². The predicted octanol–water partition coefficient (Wildman–Crippen LogP) is 7.26. The van der Waals surface area contributed by atoms with Crippen LogP contribution in [-0.2, 0) is 32.3 Å². The van der Waals surface area contributed by atoms with Crippen molar-refractivity contribution in [3.63, 3.8) is 0 Å². The normalized spacial score (nSPS) is 11.4. The molecule has 0 bridgehead atoms. The van der Waals surface area contributed by atoms with Gasteiger partial charge in [-0.15, -0.1) is 0 Å². The summed E-state index contributed by atoms with van der Waals surface area (Å²) >= 11 is 0. The third-order valence-corrected chi connectivity index (χ3v) is 8.98. The number of hydrogen-bond donors (Lipinski definition) is 0. The van der Waals surface area contributed by atoms with Crippen LogP contribution in [0.1, 0.15) is 23.7 Å². The highest BCUT2D eigenvalue weighted by molar-refractivity contribution is 7.91. The van der Waals surface area contributed by atoms with Crippen molar-refractivity contribution in [3.05, 3.63) is 132 Å². The summed E-state index contributed by atoms with van der Waals surface area (Å²) in [5.41, 5.74) is 5.48. The van der Waals surface area contributed by atoms with Crippen molar-refractivity contribution in [2.45, 2.75) is 36.6 Å². The number of hydrogen-bond acceptors (Lipinski definition) is 4. The zero-order chi connectivity index (χ0) is 29.0. The first-order chi connectivity index (χ1) is 19.8. The lowest BCUT2D eigenvalue weighted by Gasteiger charge is -2.13. The minimum absolute atomic E-state index is 0.0257. The summed E-state index contributed by atoms with van der Waals surface area (Å²) in [6.07, 6.45) is 0.274. The minimum atomic E-state index is -3.80. The van der Waals surface area contributed by atoms with E-state index in [-0.39, 0.29) is 41.1 Å². The molecule has 0 amide bonds. The van der Waals surface area contributed by atoms with E-state index in [0.717, 1.165) is 33.6 Å². The number of aromatic nitrogens is 1. The van der Waals surface area contributed by atoms with Gasteiger partial charge in [0.25, 0.3) is 0 Å². The average molecular weight is 568 g/mol. The molecule has 0 spiro atoms. The molecule has 0 radical (unpaired) electrons. The third-order valence-electron chi connectivity index (χ3n) is 7.11. The Bertz CT molecular complexity index is 1780. The Morgan fingerprint density at radius 2 is 1.41 bits per heavy atom. The van der Waals surface area contributed by atoms with Gasteiger partial charge in [-0.3, -0.25) is 4.79 Å². The first kappa shape index (κ1) is 28.1. The fraction of sp³-hybridized carbons (Fsp3) is 0.147. The van der Waals surface area contributed by atoms with Crippen LogP contribution in [0, 0.1) is 12.7 Å². The number of nitrogens with zero attached hydrogens (tertiary/aromatic N) is 1. The van der Waals surface area contributed by atoms with Crippen molar-refractivity contribution in [1.82, 2.24) is 4.57 Å². The van der Waals surface area contributed by atoms with E-state index in [1.54, 1.807) is 61.5 Å². The van der Waals surface area contributed by atoms with Crippen LogP contribution in [0.3, 0.4) is 0 Å². The maximum absolute atomic E-state index is 14.0. The first-order valence-electron chi connectivity index (χ1n) is 13.4. The van der Waals surface area contributed by atoms with Gasteiger partial charge in [0.1, 0.15) is 12.4 Å². The number of ether oxygens (including phenoxy) is 1. The Kier molecular flexibility index (Phi) is 8.17. The average Bonchev–Trinajstić information content (AvgIpc) is 3.25. The monoisotopic (exact) mass is 567 g/mol. The SMILES string of the molecule is CCOC(=O)Cn1c(C)c(Cc2ccccc2S(=O)(=O)c2ccccc2)c(-c2ccc(F)cc2)c1-c1ccccc1. The summed E-state index contributed by atoms with van der Waals surface area (Å²) < 4.78 is 48.7. The molecular formula is C34H30FNO4S. The zero-order valence-corrected chi connectivity index (χ0v) is 23.7. The molecule has 4 aromatic carbocycles. The molecule has 0 N–H and O–H groups in total. The van der Waals surface area contributed by atoms with E-state index in [2.05, 4.69) is 0 Å². The van der Waals surface area contributed by atoms with E-state index >= 15 is 0 Å². The molecule has 0 fully saturated rings. The number of carbonyl (C=O) groups excluding carboxylic acids is 1. The Balaban J connectivity index is 1.76. The van der Waals surface area contributed by atoms with Crippen molar-refractivity contribution < 1.29 is 22.3 Å². The van der Waals surface area contributed by atoms with Crippen molar-refractivity contribution in [1.29, 1.82) is 0 Å². The fourth-order valence-electron chi connectivity index (χ4n) is 5.19. The molecule has 0 aliphatic rings. The lowest BCUT2D eigenvalue weighted by Crippen LogP contribution is -2.15. The fourth-order valence-corrected chi connectivity index (χ4v) is 6.70.